The number of amides is 1. The number of hydrogen-bond donors (Lipinski definition) is 2. The van der Waals surface area contributed by atoms with Crippen molar-refractivity contribution in [3.8, 4) is 5.82 Å². The Morgan fingerprint density at radius 3 is 3.00 bits per heavy atom. The number of halogens is 1. The lowest BCUT2D eigenvalue weighted by atomic mass is 10.2. The fraction of sp³-hybridized carbons (Fsp3) is 0.385. The molecule has 1 aliphatic heterocycles. The van der Waals surface area contributed by atoms with Crippen LogP contribution in [0.4, 0.5) is 4.39 Å². The Hall–Kier alpha value is -2.35. The van der Waals surface area contributed by atoms with E-state index in [1.807, 2.05) is 0 Å². The molecule has 2 atom stereocenters. The predicted octanol–water partition coefficient (Wildman–Crippen LogP) is 0.0921. The summed E-state index contributed by atoms with van der Waals surface area (Å²) in [6.45, 7) is 0.761. The van der Waals surface area contributed by atoms with Gasteiger partial charge in [0.2, 0.25) is 0 Å². The minimum Gasteiger partial charge on any atom is -0.350 e. The summed E-state index contributed by atoms with van der Waals surface area (Å²) in [7, 11) is 0. The van der Waals surface area contributed by atoms with Crippen LogP contribution in [0.15, 0.2) is 31.0 Å². The van der Waals surface area contributed by atoms with Gasteiger partial charge in [-0.15, -0.1) is 10.2 Å². The van der Waals surface area contributed by atoms with Gasteiger partial charge in [-0.3, -0.25) is 9.36 Å². The van der Waals surface area contributed by atoms with Crippen LogP contribution in [-0.4, -0.2) is 51.0 Å². The van der Waals surface area contributed by atoms with Crippen molar-refractivity contribution in [3.63, 3.8) is 0 Å². The molecule has 0 saturated carbocycles. The molecular formula is C13H15FN6O. The minimum absolute atomic E-state index is 0.0110. The molecular weight excluding hydrogens is 275 g/mol. The number of nitrogens with one attached hydrogen (secondary N) is 2. The van der Waals surface area contributed by atoms with E-state index in [0.29, 0.717) is 30.9 Å². The van der Waals surface area contributed by atoms with Gasteiger partial charge in [-0.2, -0.15) is 0 Å². The number of carbonyl (C=O) groups excluding carboxylic acids is 1. The van der Waals surface area contributed by atoms with Crippen molar-refractivity contribution >= 4 is 5.91 Å². The number of carbonyl (C=O) groups is 1. The summed E-state index contributed by atoms with van der Waals surface area (Å²) >= 11 is 0. The zero-order chi connectivity index (χ0) is 14.7. The second-order valence-electron chi connectivity index (χ2n) is 4.92. The van der Waals surface area contributed by atoms with Crippen LogP contribution in [0.2, 0.25) is 0 Å². The number of pyridine rings is 1. The summed E-state index contributed by atoms with van der Waals surface area (Å²) in [6, 6.07) is 3.27. The number of nitrogens with zero attached hydrogens (tertiary/aromatic N) is 4. The smallest absolute Gasteiger partial charge is 0.251 e. The second kappa shape index (κ2) is 5.96. The van der Waals surface area contributed by atoms with Crippen LogP contribution in [0.5, 0.6) is 0 Å². The van der Waals surface area contributed by atoms with Crippen molar-refractivity contribution in [3.05, 3.63) is 36.5 Å². The van der Waals surface area contributed by atoms with Crippen molar-refractivity contribution < 1.29 is 9.18 Å². The molecule has 2 aromatic heterocycles. The zero-order valence-corrected chi connectivity index (χ0v) is 11.2. The Morgan fingerprint density at radius 2 is 2.29 bits per heavy atom. The molecule has 0 aliphatic carbocycles. The van der Waals surface area contributed by atoms with Crippen LogP contribution < -0.4 is 10.6 Å². The number of rotatable bonds is 4. The largest absolute Gasteiger partial charge is 0.350 e. The molecule has 3 heterocycles. The average molecular weight is 290 g/mol. The van der Waals surface area contributed by atoms with E-state index in [1.54, 1.807) is 22.9 Å². The molecule has 1 fully saturated rings. The molecule has 0 bridgehead atoms. The van der Waals surface area contributed by atoms with Gasteiger partial charge >= 0.3 is 0 Å². The fourth-order valence-corrected chi connectivity index (χ4v) is 2.26. The lowest BCUT2D eigenvalue weighted by Gasteiger charge is -2.11. The number of alkyl halides is 1. The highest BCUT2D eigenvalue weighted by atomic mass is 19.1. The molecule has 1 saturated heterocycles. The van der Waals surface area contributed by atoms with Crippen molar-refractivity contribution in [2.24, 2.45) is 0 Å². The highest BCUT2D eigenvalue weighted by Gasteiger charge is 2.23. The van der Waals surface area contributed by atoms with Crippen LogP contribution in [-0.2, 0) is 0 Å². The lowest BCUT2D eigenvalue weighted by molar-refractivity contribution is 0.0950. The van der Waals surface area contributed by atoms with E-state index >= 15 is 0 Å². The van der Waals surface area contributed by atoms with Gasteiger partial charge in [-0.1, -0.05) is 0 Å². The maximum absolute atomic E-state index is 13.0. The van der Waals surface area contributed by atoms with Crippen molar-refractivity contribution in [1.29, 1.82) is 0 Å². The van der Waals surface area contributed by atoms with Gasteiger partial charge in [0.1, 0.15) is 24.6 Å². The lowest BCUT2D eigenvalue weighted by Crippen LogP contribution is -2.37. The molecule has 2 aromatic rings. The van der Waals surface area contributed by atoms with E-state index < -0.39 is 6.17 Å². The van der Waals surface area contributed by atoms with Crippen molar-refractivity contribution in [1.82, 2.24) is 30.4 Å². The first kappa shape index (κ1) is 13.6. The van der Waals surface area contributed by atoms with Crippen LogP contribution >= 0.6 is 0 Å². The van der Waals surface area contributed by atoms with Gasteiger partial charge < -0.3 is 10.6 Å². The van der Waals surface area contributed by atoms with Gasteiger partial charge in [0.05, 0.1) is 0 Å². The first-order chi connectivity index (χ1) is 10.2. The van der Waals surface area contributed by atoms with Crippen LogP contribution in [0.25, 0.3) is 5.82 Å². The molecule has 0 radical (unpaired) electrons. The first-order valence-corrected chi connectivity index (χ1v) is 6.69. The quantitative estimate of drug-likeness (QED) is 0.834. The monoisotopic (exact) mass is 290 g/mol. The maximum atomic E-state index is 13.0. The summed E-state index contributed by atoms with van der Waals surface area (Å²) < 4.78 is 14.6. The van der Waals surface area contributed by atoms with Crippen molar-refractivity contribution in [2.75, 3.05) is 13.1 Å². The van der Waals surface area contributed by atoms with E-state index in [9.17, 15) is 9.18 Å². The van der Waals surface area contributed by atoms with Crippen LogP contribution in [0.3, 0.4) is 0 Å². The summed E-state index contributed by atoms with van der Waals surface area (Å²) in [5.41, 5.74) is 0.489. The highest BCUT2D eigenvalue weighted by Crippen LogP contribution is 2.10. The summed E-state index contributed by atoms with van der Waals surface area (Å²) in [6.07, 6.45) is 4.17. The Morgan fingerprint density at radius 1 is 1.48 bits per heavy atom. The van der Waals surface area contributed by atoms with Gasteiger partial charge in [0, 0.05) is 30.9 Å². The third kappa shape index (κ3) is 3.22. The maximum Gasteiger partial charge on any atom is 0.251 e. The van der Waals surface area contributed by atoms with E-state index in [0.717, 1.165) is 0 Å². The fourth-order valence-electron chi connectivity index (χ4n) is 2.26. The van der Waals surface area contributed by atoms with Crippen LogP contribution in [0, 0.1) is 0 Å². The number of aromatic nitrogens is 4. The predicted molar refractivity (Wildman–Crippen MR) is 72.8 cm³/mol. The molecule has 1 amide bonds. The third-order valence-corrected chi connectivity index (χ3v) is 3.37. The molecule has 8 heteroatoms. The first-order valence-electron chi connectivity index (χ1n) is 6.69. The van der Waals surface area contributed by atoms with Gasteiger partial charge in [-0.25, -0.2) is 9.37 Å². The van der Waals surface area contributed by atoms with E-state index in [4.69, 9.17) is 0 Å². The van der Waals surface area contributed by atoms with Crippen molar-refractivity contribution in [2.45, 2.75) is 18.6 Å². The summed E-state index contributed by atoms with van der Waals surface area (Å²) in [5.74, 6) is 0.353. The van der Waals surface area contributed by atoms with Gasteiger partial charge in [-0.05, 0) is 18.6 Å². The molecule has 1 aliphatic rings. The van der Waals surface area contributed by atoms with E-state index in [-0.39, 0.29) is 11.9 Å². The van der Waals surface area contributed by atoms with Gasteiger partial charge in [0.25, 0.3) is 5.91 Å². The minimum atomic E-state index is -0.826. The SMILES string of the molecule is O=C(NC[C@@H]1C[C@H](F)CN1)c1ccnc(-n2cnnc2)c1. The molecule has 3 rings (SSSR count). The zero-order valence-electron chi connectivity index (χ0n) is 11.2. The molecule has 7 nitrogen and oxygen atoms in total. The Balaban J connectivity index is 1.63. The molecule has 0 unspecified atom stereocenters. The Kier molecular flexibility index (Phi) is 3.87. The van der Waals surface area contributed by atoms with E-state index in [2.05, 4.69) is 25.8 Å². The third-order valence-electron chi connectivity index (χ3n) is 3.37. The molecule has 0 aromatic carbocycles. The average Bonchev–Trinajstić information content (AvgIpc) is 3.16. The topological polar surface area (TPSA) is 84.7 Å². The number of hydrogen-bond acceptors (Lipinski definition) is 5. The summed E-state index contributed by atoms with van der Waals surface area (Å²) in [4.78, 5) is 16.3. The highest BCUT2D eigenvalue weighted by molar-refractivity contribution is 5.94. The molecule has 110 valence electrons. The molecule has 2 N–H and O–H groups in total. The standard InChI is InChI=1S/C13H15FN6O/c14-10-4-11(16-5-10)6-17-13(21)9-1-2-15-12(3-9)20-7-18-19-8-20/h1-3,7-8,10-11,16H,4-6H2,(H,17,21)/t10-,11-/m0/s1. The Labute approximate surface area is 120 Å². The molecule has 21 heavy (non-hydrogen) atoms. The summed E-state index contributed by atoms with van der Waals surface area (Å²) in [5, 5.41) is 13.2. The normalized spacial score (nSPS) is 21.4. The Bertz CT molecular complexity index is 617. The van der Waals surface area contributed by atoms with Crippen LogP contribution in [0.1, 0.15) is 16.8 Å². The molecule has 0 spiro atoms. The van der Waals surface area contributed by atoms with Gasteiger partial charge in [0.15, 0.2) is 0 Å². The van der Waals surface area contributed by atoms with E-state index in [1.165, 1.54) is 12.7 Å². The second-order valence-corrected chi connectivity index (χ2v) is 4.92.